The summed E-state index contributed by atoms with van der Waals surface area (Å²) in [7, 11) is 0. The lowest BCUT2D eigenvalue weighted by Gasteiger charge is -2.24. The topological polar surface area (TPSA) is 59.7 Å². The van der Waals surface area contributed by atoms with Crippen LogP contribution in [0.2, 0.25) is 0 Å². The van der Waals surface area contributed by atoms with Crippen LogP contribution < -0.4 is 4.90 Å². The Kier molecular flexibility index (Phi) is 3.94. The standard InChI is InChI=1S/C18H20N6/c1-2-16-19-11-13-24(16)17-8-3-6-14(22-17)15-7-4-12-23(15)18-20-9-5-10-21-18/h3,5-6,8-11,13,15H,2,4,7,12H2,1H3/t15-/m1/s1. The van der Waals surface area contributed by atoms with E-state index in [0.29, 0.717) is 0 Å². The molecule has 3 aromatic heterocycles. The Morgan fingerprint density at radius 1 is 1.08 bits per heavy atom. The summed E-state index contributed by atoms with van der Waals surface area (Å²) in [6.45, 7) is 3.07. The predicted octanol–water partition coefficient (Wildman–Crippen LogP) is 2.96. The van der Waals surface area contributed by atoms with E-state index in [-0.39, 0.29) is 6.04 Å². The van der Waals surface area contributed by atoms with Gasteiger partial charge in [-0.25, -0.2) is 19.9 Å². The Hall–Kier alpha value is -2.76. The summed E-state index contributed by atoms with van der Waals surface area (Å²) in [4.78, 5) is 20.4. The summed E-state index contributed by atoms with van der Waals surface area (Å²) in [5, 5.41) is 0. The van der Waals surface area contributed by atoms with Crippen LogP contribution in [0.4, 0.5) is 5.95 Å². The fourth-order valence-corrected chi connectivity index (χ4v) is 3.32. The van der Waals surface area contributed by atoms with Crippen molar-refractivity contribution in [3.8, 4) is 5.82 Å². The van der Waals surface area contributed by atoms with E-state index < -0.39 is 0 Å². The van der Waals surface area contributed by atoms with Crippen LogP contribution >= 0.6 is 0 Å². The van der Waals surface area contributed by atoms with Crippen molar-refractivity contribution in [1.29, 1.82) is 0 Å². The zero-order chi connectivity index (χ0) is 16.4. The molecule has 0 aromatic carbocycles. The molecule has 1 aliphatic rings. The van der Waals surface area contributed by atoms with Gasteiger partial charge < -0.3 is 4.90 Å². The van der Waals surface area contributed by atoms with Crippen molar-refractivity contribution in [1.82, 2.24) is 24.5 Å². The third kappa shape index (κ3) is 2.64. The van der Waals surface area contributed by atoms with Gasteiger partial charge in [0.05, 0.1) is 11.7 Å². The molecule has 1 atom stereocenters. The van der Waals surface area contributed by atoms with E-state index in [0.717, 1.165) is 49.1 Å². The minimum Gasteiger partial charge on any atom is -0.332 e. The van der Waals surface area contributed by atoms with E-state index in [1.54, 1.807) is 12.4 Å². The average Bonchev–Trinajstić information content (AvgIpc) is 3.31. The van der Waals surface area contributed by atoms with Crippen LogP contribution in [0, 0.1) is 0 Å². The second kappa shape index (κ2) is 6.39. The van der Waals surface area contributed by atoms with Crippen molar-refractivity contribution in [3.05, 3.63) is 60.6 Å². The molecule has 0 spiro atoms. The molecule has 1 saturated heterocycles. The predicted molar refractivity (Wildman–Crippen MR) is 92.1 cm³/mol. The van der Waals surface area contributed by atoms with Crippen LogP contribution in [0.3, 0.4) is 0 Å². The first-order valence-corrected chi connectivity index (χ1v) is 8.40. The molecule has 4 rings (SSSR count). The third-order valence-electron chi connectivity index (χ3n) is 4.44. The monoisotopic (exact) mass is 320 g/mol. The van der Waals surface area contributed by atoms with E-state index >= 15 is 0 Å². The van der Waals surface area contributed by atoms with E-state index in [1.807, 2.05) is 24.5 Å². The van der Waals surface area contributed by atoms with Gasteiger partial charge in [0.15, 0.2) is 0 Å². The lowest BCUT2D eigenvalue weighted by atomic mass is 10.1. The molecular weight excluding hydrogens is 300 g/mol. The number of pyridine rings is 1. The molecule has 122 valence electrons. The van der Waals surface area contributed by atoms with Gasteiger partial charge in [-0.05, 0) is 31.0 Å². The quantitative estimate of drug-likeness (QED) is 0.739. The Labute approximate surface area is 141 Å². The Morgan fingerprint density at radius 2 is 1.96 bits per heavy atom. The number of aryl methyl sites for hydroxylation is 1. The fourth-order valence-electron chi connectivity index (χ4n) is 3.32. The van der Waals surface area contributed by atoms with Gasteiger partial charge in [0.2, 0.25) is 5.95 Å². The van der Waals surface area contributed by atoms with Gasteiger partial charge in [0.25, 0.3) is 0 Å². The summed E-state index contributed by atoms with van der Waals surface area (Å²) >= 11 is 0. The highest BCUT2D eigenvalue weighted by atomic mass is 15.3. The van der Waals surface area contributed by atoms with Crippen LogP contribution in [0.1, 0.15) is 37.3 Å². The van der Waals surface area contributed by atoms with E-state index in [1.165, 1.54) is 0 Å². The van der Waals surface area contributed by atoms with E-state index in [4.69, 9.17) is 4.98 Å². The average molecular weight is 320 g/mol. The van der Waals surface area contributed by atoms with Gasteiger partial charge in [-0.15, -0.1) is 0 Å². The third-order valence-corrected chi connectivity index (χ3v) is 4.44. The maximum Gasteiger partial charge on any atom is 0.225 e. The molecule has 0 unspecified atom stereocenters. The van der Waals surface area contributed by atoms with Crippen LogP contribution in [-0.4, -0.2) is 31.0 Å². The number of aromatic nitrogens is 5. The van der Waals surface area contributed by atoms with Crippen molar-refractivity contribution in [2.75, 3.05) is 11.4 Å². The van der Waals surface area contributed by atoms with Crippen molar-refractivity contribution >= 4 is 5.95 Å². The van der Waals surface area contributed by atoms with E-state index in [9.17, 15) is 0 Å². The van der Waals surface area contributed by atoms with Crippen molar-refractivity contribution in [2.45, 2.75) is 32.2 Å². The molecular formula is C18H20N6. The van der Waals surface area contributed by atoms with Gasteiger partial charge in [0, 0.05) is 37.8 Å². The summed E-state index contributed by atoms with van der Waals surface area (Å²) in [5.74, 6) is 2.72. The molecule has 0 bridgehead atoms. The summed E-state index contributed by atoms with van der Waals surface area (Å²) in [6.07, 6.45) is 10.5. The van der Waals surface area contributed by atoms with Crippen LogP contribution in [0.15, 0.2) is 49.1 Å². The van der Waals surface area contributed by atoms with Crippen molar-refractivity contribution in [3.63, 3.8) is 0 Å². The molecule has 4 heterocycles. The van der Waals surface area contributed by atoms with Crippen LogP contribution in [0.25, 0.3) is 5.82 Å². The van der Waals surface area contributed by atoms with E-state index in [2.05, 4.69) is 43.5 Å². The Morgan fingerprint density at radius 3 is 2.79 bits per heavy atom. The molecule has 0 saturated carbocycles. The number of hydrogen-bond acceptors (Lipinski definition) is 5. The molecule has 0 aliphatic carbocycles. The number of anilines is 1. The molecule has 6 heteroatoms. The molecule has 1 fully saturated rings. The van der Waals surface area contributed by atoms with Gasteiger partial charge in [-0.3, -0.25) is 4.57 Å². The van der Waals surface area contributed by atoms with Gasteiger partial charge in [-0.1, -0.05) is 13.0 Å². The zero-order valence-electron chi connectivity index (χ0n) is 13.7. The number of imidazole rings is 1. The van der Waals surface area contributed by atoms with Crippen molar-refractivity contribution < 1.29 is 0 Å². The lowest BCUT2D eigenvalue weighted by Crippen LogP contribution is -2.25. The summed E-state index contributed by atoms with van der Waals surface area (Å²) in [6, 6.07) is 8.26. The number of nitrogens with zero attached hydrogens (tertiary/aromatic N) is 6. The molecule has 0 radical (unpaired) electrons. The first kappa shape index (κ1) is 14.8. The molecule has 24 heavy (non-hydrogen) atoms. The highest BCUT2D eigenvalue weighted by molar-refractivity contribution is 5.37. The zero-order valence-corrected chi connectivity index (χ0v) is 13.7. The maximum absolute atomic E-state index is 4.91. The number of rotatable bonds is 4. The molecule has 3 aromatic rings. The van der Waals surface area contributed by atoms with Crippen molar-refractivity contribution in [2.24, 2.45) is 0 Å². The SMILES string of the molecule is CCc1nccn1-c1cccc([C@H]2CCCN2c2ncccn2)n1. The van der Waals surface area contributed by atoms with Crippen LogP contribution in [-0.2, 0) is 6.42 Å². The second-order valence-electron chi connectivity index (χ2n) is 5.89. The normalized spacial score (nSPS) is 17.4. The Balaban J connectivity index is 1.68. The van der Waals surface area contributed by atoms with Gasteiger partial charge >= 0.3 is 0 Å². The highest BCUT2D eigenvalue weighted by Crippen LogP contribution is 2.33. The fraction of sp³-hybridized carbons (Fsp3) is 0.333. The van der Waals surface area contributed by atoms with Gasteiger partial charge in [0.1, 0.15) is 11.6 Å². The summed E-state index contributed by atoms with van der Waals surface area (Å²) in [5.41, 5.74) is 1.06. The minimum atomic E-state index is 0.223. The largest absolute Gasteiger partial charge is 0.332 e. The minimum absolute atomic E-state index is 0.223. The van der Waals surface area contributed by atoms with Gasteiger partial charge in [-0.2, -0.15) is 0 Å². The molecule has 1 aliphatic heterocycles. The summed E-state index contributed by atoms with van der Waals surface area (Å²) < 4.78 is 2.06. The molecule has 6 nitrogen and oxygen atoms in total. The second-order valence-corrected chi connectivity index (χ2v) is 5.89. The first-order chi connectivity index (χ1) is 11.9. The smallest absolute Gasteiger partial charge is 0.225 e. The lowest BCUT2D eigenvalue weighted by molar-refractivity contribution is 0.675. The molecule has 0 N–H and O–H groups in total. The first-order valence-electron chi connectivity index (χ1n) is 8.40. The Bertz CT molecular complexity index is 813. The number of hydrogen-bond donors (Lipinski definition) is 0. The highest BCUT2D eigenvalue weighted by Gasteiger charge is 2.29. The molecule has 0 amide bonds. The maximum atomic E-state index is 4.91. The van der Waals surface area contributed by atoms with Crippen LogP contribution in [0.5, 0.6) is 0 Å².